The van der Waals surface area contributed by atoms with Crippen LogP contribution in [0.1, 0.15) is 5.56 Å². The summed E-state index contributed by atoms with van der Waals surface area (Å²) in [6, 6.07) is 16.0. The lowest BCUT2D eigenvalue weighted by atomic mass is 10.2. The van der Waals surface area contributed by atoms with Gasteiger partial charge in [0.15, 0.2) is 0 Å². The Morgan fingerprint density at radius 1 is 0.848 bits per heavy atom. The molecule has 0 atom stereocenters. The summed E-state index contributed by atoms with van der Waals surface area (Å²) in [5.41, 5.74) is 3.36. The van der Waals surface area contributed by atoms with Gasteiger partial charge in [0.1, 0.15) is 11.5 Å². The fourth-order valence-corrected chi connectivity index (χ4v) is 5.79. The van der Waals surface area contributed by atoms with Gasteiger partial charge in [-0.3, -0.25) is 4.79 Å². The zero-order valence-corrected chi connectivity index (χ0v) is 20.1. The van der Waals surface area contributed by atoms with Crippen molar-refractivity contribution in [1.82, 2.24) is 9.21 Å². The Balaban J connectivity index is 1.27. The molecule has 0 unspecified atom stereocenters. The Bertz CT molecular complexity index is 1060. The average molecular weight is 473 g/mol. The molecule has 1 amide bonds. The molecular formula is C24H32N4O4S. The highest BCUT2D eigenvalue weighted by Gasteiger charge is 2.32. The van der Waals surface area contributed by atoms with Gasteiger partial charge in [0.25, 0.3) is 0 Å². The highest BCUT2D eigenvalue weighted by molar-refractivity contribution is 7.89. The lowest BCUT2D eigenvalue weighted by molar-refractivity contribution is -0.128. The molecule has 33 heavy (non-hydrogen) atoms. The molecule has 2 aliphatic rings. The van der Waals surface area contributed by atoms with Crippen molar-refractivity contribution in [1.29, 1.82) is 0 Å². The van der Waals surface area contributed by atoms with Crippen LogP contribution in [0.25, 0.3) is 0 Å². The maximum absolute atomic E-state index is 12.9. The molecule has 0 aliphatic carbocycles. The molecule has 0 N–H and O–H groups in total. The summed E-state index contributed by atoms with van der Waals surface area (Å²) in [6.07, 6.45) is 0. The van der Waals surface area contributed by atoms with E-state index in [9.17, 15) is 13.2 Å². The first-order valence-corrected chi connectivity index (χ1v) is 12.9. The van der Waals surface area contributed by atoms with E-state index in [1.165, 1.54) is 9.87 Å². The van der Waals surface area contributed by atoms with Crippen LogP contribution in [0.15, 0.2) is 48.5 Å². The summed E-state index contributed by atoms with van der Waals surface area (Å²) in [7, 11) is -1.99. The van der Waals surface area contributed by atoms with Crippen molar-refractivity contribution in [3.05, 3.63) is 54.1 Å². The largest absolute Gasteiger partial charge is 0.497 e. The number of carbonyl (C=O) groups excluding carboxylic acids is 1. The van der Waals surface area contributed by atoms with Gasteiger partial charge < -0.3 is 19.4 Å². The molecule has 2 aliphatic heterocycles. The molecule has 178 valence electrons. The van der Waals surface area contributed by atoms with Crippen molar-refractivity contribution in [2.45, 2.75) is 6.92 Å². The van der Waals surface area contributed by atoms with Crippen molar-refractivity contribution in [2.24, 2.45) is 0 Å². The summed E-state index contributed by atoms with van der Waals surface area (Å²) >= 11 is 0. The second-order valence-corrected chi connectivity index (χ2v) is 10.5. The van der Waals surface area contributed by atoms with E-state index in [2.05, 4.69) is 15.9 Å². The minimum atomic E-state index is -3.63. The second kappa shape index (κ2) is 10.0. The highest BCUT2D eigenvalue weighted by atomic mass is 32.2. The number of carbonyl (C=O) groups is 1. The predicted molar refractivity (Wildman–Crippen MR) is 131 cm³/mol. The topological polar surface area (TPSA) is 73.4 Å². The maximum atomic E-state index is 12.9. The summed E-state index contributed by atoms with van der Waals surface area (Å²) in [5, 5.41) is 0. The van der Waals surface area contributed by atoms with E-state index in [-0.39, 0.29) is 5.91 Å². The van der Waals surface area contributed by atoms with Crippen molar-refractivity contribution in [3.8, 4) is 5.75 Å². The van der Waals surface area contributed by atoms with Crippen LogP contribution in [-0.4, -0.2) is 88.8 Å². The molecule has 2 aromatic rings. The van der Waals surface area contributed by atoms with Crippen LogP contribution >= 0.6 is 0 Å². The Hall–Kier alpha value is -2.78. The van der Waals surface area contributed by atoms with Crippen molar-refractivity contribution in [3.63, 3.8) is 0 Å². The summed E-state index contributed by atoms with van der Waals surface area (Å²) in [5.74, 6) is 0.0305. The first-order valence-electron chi connectivity index (χ1n) is 11.3. The third kappa shape index (κ3) is 5.59. The molecule has 0 bridgehead atoms. The first-order chi connectivity index (χ1) is 15.9. The third-order valence-corrected chi connectivity index (χ3v) is 8.14. The normalized spacial score (nSPS) is 17.8. The number of benzene rings is 2. The van der Waals surface area contributed by atoms with Gasteiger partial charge in [0.05, 0.1) is 7.11 Å². The minimum absolute atomic E-state index is 0.314. The molecule has 8 nitrogen and oxygen atoms in total. The molecule has 0 saturated carbocycles. The van der Waals surface area contributed by atoms with Gasteiger partial charge in [0.2, 0.25) is 15.9 Å². The van der Waals surface area contributed by atoms with E-state index in [0.717, 1.165) is 17.1 Å². The van der Waals surface area contributed by atoms with E-state index in [4.69, 9.17) is 4.74 Å². The molecule has 2 fully saturated rings. The van der Waals surface area contributed by atoms with Crippen LogP contribution in [0.3, 0.4) is 0 Å². The number of anilines is 2. The van der Waals surface area contributed by atoms with Crippen molar-refractivity contribution < 1.29 is 17.9 Å². The molecule has 2 saturated heterocycles. The van der Waals surface area contributed by atoms with Crippen LogP contribution < -0.4 is 14.5 Å². The highest BCUT2D eigenvalue weighted by Crippen LogP contribution is 2.21. The lowest BCUT2D eigenvalue weighted by Crippen LogP contribution is -2.53. The van der Waals surface area contributed by atoms with Crippen LogP contribution in [0, 0.1) is 6.92 Å². The van der Waals surface area contributed by atoms with Gasteiger partial charge >= 0.3 is 0 Å². The first kappa shape index (κ1) is 23.4. The van der Waals surface area contributed by atoms with E-state index < -0.39 is 15.8 Å². The Morgan fingerprint density at radius 2 is 1.45 bits per heavy atom. The van der Waals surface area contributed by atoms with Crippen LogP contribution in [0.4, 0.5) is 11.4 Å². The zero-order valence-electron chi connectivity index (χ0n) is 19.3. The van der Waals surface area contributed by atoms with E-state index in [1.54, 1.807) is 12.0 Å². The number of aryl methyl sites for hydroxylation is 1. The Kier molecular flexibility index (Phi) is 7.09. The van der Waals surface area contributed by atoms with Gasteiger partial charge in [-0.25, -0.2) is 8.42 Å². The number of amides is 1. The zero-order chi connectivity index (χ0) is 23.4. The standard InChI is InChI=1S/C24H32N4O4S/c1-20-4-3-5-22(18-20)26-14-16-28(17-15-26)33(30,31)19-24(29)27-12-10-25(11-13-27)21-6-8-23(32-2)9-7-21/h3-9,18H,10-17,19H2,1-2H3. The van der Waals surface area contributed by atoms with Gasteiger partial charge in [-0.05, 0) is 48.9 Å². The van der Waals surface area contributed by atoms with Crippen LogP contribution in [-0.2, 0) is 14.8 Å². The number of methoxy groups -OCH3 is 1. The van der Waals surface area contributed by atoms with Gasteiger partial charge in [-0.2, -0.15) is 4.31 Å². The molecule has 2 heterocycles. The monoisotopic (exact) mass is 472 g/mol. The molecule has 0 aromatic heterocycles. The van der Waals surface area contributed by atoms with Crippen molar-refractivity contribution >= 4 is 27.3 Å². The van der Waals surface area contributed by atoms with Crippen molar-refractivity contribution in [2.75, 3.05) is 75.0 Å². The molecular weight excluding hydrogens is 440 g/mol. The second-order valence-electron chi connectivity index (χ2n) is 8.55. The van der Waals surface area contributed by atoms with E-state index in [0.29, 0.717) is 52.4 Å². The molecule has 4 rings (SSSR count). The SMILES string of the molecule is COc1ccc(N2CCN(C(=O)CS(=O)(=O)N3CCN(c4cccc(C)c4)CC3)CC2)cc1. The smallest absolute Gasteiger partial charge is 0.239 e. The number of hydrogen-bond donors (Lipinski definition) is 0. The number of hydrogen-bond acceptors (Lipinski definition) is 6. The fourth-order valence-electron chi connectivity index (χ4n) is 4.39. The lowest BCUT2D eigenvalue weighted by Gasteiger charge is -2.37. The Labute approximate surface area is 196 Å². The van der Waals surface area contributed by atoms with E-state index >= 15 is 0 Å². The van der Waals surface area contributed by atoms with Crippen LogP contribution in [0.2, 0.25) is 0 Å². The van der Waals surface area contributed by atoms with Gasteiger partial charge in [-0.15, -0.1) is 0 Å². The maximum Gasteiger partial charge on any atom is 0.239 e. The quantitative estimate of drug-likeness (QED) is 0.639. The average Bonchev–Trinajstić information content (AvgIpc) is 2.84. The number of sulfonamides is 1. The van der Waals surface area contributed by atoms with E-state index in [1.807, 2.05) is 49.4 Å². The predicted octanol–water partition coefficient (Wildman–Crippen LogP) is 1.80. The fraction of sp³-hybridized carbons (Fsp3) is 0.458. The molecule has 9 heteroatoms. The molecule has 0 radical (unpaired) electrons. The number of rotatable bonds is 6. The Morgan fingerprint density at radius 3 is 2.06 bits per heavy atom. The molecule has 0 spiro atoms. The third-order valence-electron chi connectivity index (χ3n) is 6.37. The van der Waals surface area contributed by atoms with Crippen LogP contribution in [0.5, 0.6) is 5.75 Å². The summed E-state index contributed by atoms with van der Waals surface area (Å²) in [6.45, 7) is 6.47. The summed E-state index contributed by atoms with van der Waals surface area (Å²) in [4.78, 5) is 18.8. The number of nitrogens with zero attached hydrogens (tertiary/aromatic N) is 4. The number of ether oxygens (including phenoxy) is 1. The molecule has 2 aromatic carbocycles. The van der Waals surface area contributed by atoms with Gasteiger partial charge in [0, 0.05) is 63.7 Å². The number of piperazine rings is 2. The summed E-state index contributed by atoms with van der Waals surface area (Å²) < 4.78 is 32.5. The minimum Gasteiger partial charge on any atom is -0.497 e. The van der Waals surface area contributed by atoms with Gasteiger partial charge in [-0.1, -0.05) is 12.1 Å².